The number of aliphatic hydroxyl groups is 1. The zero-order valence-corrected chi connectivity index (χ0v) is 17.7. The predicted octanol–water partition coefficient (Wildman–Crippen LogP) is 3.62. The van der Waals surface area contributed by atoms with Crippen LogP contribution in [0.1, 0.15) is 35.2 Å². The van der Waals surface area contributed by atoms with Crippen molar-refractivity contribution < 1.29 is 10.2 Å². The lowest BCUT2D eigenvalue weighted by Crippen LogP contribution is -2.16. The number of nitrogens with one attached hydrogen (secondary N) is 1. The summed E-state index contributed by atoms with van der Waals surface area (Å²) >= 11 is 0. The summed E-state index contributed by atoms with van der Waals surface area (Å²) in [4.78, 5) is 12.5. The van der Waals surface area contributed by atoms with Gasteiger partial charge in [0.05, 0.1) is 5.69 Å². The smallest absolute Gasteiger partial charge is 0.294 e. The van der Waals surface area contributed by atoms with Crippen LogP contribution in [0.15, 0.2) is 57.5 Å². The van der Waals surface area contributed by atoms with Crippen LogP contribution in [0.5, 0.6) is 5.75 Å². The van der Waals surface area contributed by atoms with Crippen molar-refractivity contribution in [3.8, 4) is 5.75 Å². The van der Waals surface area contributed by atoms with Gasteiger partial charge in [0, 0.05) is 19.7 Å². The number of benzene rings is 2. The molecular formula is C23H29N5O3. The number of hydrogen-bond acceptors (Lipinski definition) is 6. The lowest BCUT2D eigenvalue weighted by molar-refractivity contribution is 0.280. The number of aromatic nitrogens is 2. The summed E-state index contributed by atoms with van der Waals surface area (Å²) in [6.45, 7) is 2.79. The molecule has 31 heavy (non-hydrogen) atoms. The van der Waals surface area contributed by atoms with Crippen molar-refractivity contribution >= 4 is 11.4 Å². The Morgan fingerprint density at radius 2 is 1.71 bits per heavy atom. The number of aryl methyl sites for hydroxylation is 4. The van der Waals surface area contributed by atoms with Crippen LogP contribution >= 0.6 is 0 Å². The first-order valence-corrected chi connectivity index (χ1v) is 10.4. The molecule has 0 spiro atoms. The molecule has 3 aromatic rings. The number of H-pyrrole nitrogens is 1. The van der Waals surface area contributed by atoms with Crippen LogP contribution in [0.4, 0.5) is 11.4 Å². The zero-order chi connectivity index (χ0) is 22.2. The van der Waals surface area contributed by atoms with Crippen LogP contribution in [-0.2, 0) is 25.9 Å². The number of hydrogen-bond donors (Lipinski definition) is 4. The quantitative estimate of drug-likeness (QED) is 0.293. The number of nitrogens with two attached hydrogens (primary N) is 1. The Bertz CT molecular complexity index is 1100. The molecule has 0 saturated carbocycles. The second kappa shape index (κ2) is 10.7. The molecule has 2 aromatic carbocycles. The highest BCUT2D eigenvalue weighted by atomic mass is 16.3. The topological polar surface area (TPSA) is 129 Å². The maximum atomic E-state index is 12.5. The number of phenolic OH excluding ortho intramolecular Hbond substituents is 1. The normalized spacial score (nSPS) is 11.5. The van der Waals surface area contributed by atoms with Crippen molar-refractivity contribution in [1.29, 1.82) is 0 Å². The fraction of sp³-hybridized carbons (Fsp3) is 0.348. The predicted molar refractivity (Wildman–Crippen MR) is 120 cm³/mol. The third-order valence-corrected chi connectivity index (χ3v) is 5.25. The van der Waals surface area contributed by atoms with Crippen LogP contribution in [0.3, 0.4) is 0 Å². The van der Waals surface area contributed by atoms with Gasteiger partial charge in [-0.05, 0) is 55.4 Å². The number of aliphatic hydroxyl groups excluding tert-OH is 1. The molecule has 0 unspecified atom stereocenters. The van der Waals surface area contributed by atoms with Gasteiger partial charge in [0.15, 0.2) is 5.69 Å². The van der Waals surface area contributed by atoms with Crippen molar-refractivity contribution in [3.63, 3.8) is 0 Å². The van der Waals surface area contributed by atoms with Gasteiger partial charge in [0.2, 0.25) is 0 Å². The monoisotopic (exact) mass is 423 g/mol. The molecule has 0 amide bonds. The maximum absolute atomic E-state index is 12.5. The molecule has 1 aromatic heterocycles. The van der Waals surface area contributed by atoms with Crippen LogP contribution in [0.2, 0.25) is 0 Å². The highest BCUT2D eigenvalue weighted by Gasteiger charge is 2.12. The fourth-order valence-electron chi connectivity index (χ4n) is 3.49. The maximum Gasteiger partial charge on any atom is 0.294 e. The summed E-state index contributed by atoms with van der Waals surface area (Å²) in [5, 5.41) is 30.8. The highest BCUT2D eigenvalue weighted by molar-refractivity contribution is 5.55. The molecule has 0 aliphatic heterocycles. The summed E-state index contributed by atoms with van der Waals surface area (Å²) < 4.78 is 1.46. The number of aromatic amines is 1. The average molecular weight is 424 g/mol. The van der Waals surface area contributed by atoms with Gasteiger partial charge in [0.25, 0.3) is 5.56 Å². The van der Waals surface area contributed by atoms with Gasteiger partial charge in [-0.15, -0.1) is 10.2 Å². The Labute approximate surface area is 181 Å². The van der Waals surface area contributed by atoms with Crippen LogP contribution in [0.25, 0.3) is 0 Å². The first-order chi connectivity index (χ1) is 15.0. The molecule has 0 saturated heterocycles. The molecule has 164 valence electrons. The molecule has 0 fully saturated rings. The van der Waals surface area contributed by atoms with E-state index in [1.54, 1.807) is 13.0 Å². The summed E-state index contributed by atoms with van der Waals surface area (Å²) in [5.41, 5.74) is 9.68. The number of phenols is 1. The van der Waals surface area contributed by atoms with Crippen LogP contribution in [0, 0.1) is 6.92 Å². The summed E-state index contributed by atoms with van der Waals surface area (Å²) in [7, 11) is 0. The third kappa shape index (κ3) is 5.48. The van der Waals surface area contributed by atoms with E-state index in [4.69, 9.17) is 10.8 Å². The number of para-hydroxylation sites is 1. The largest absolute Gasteiger partial charge is 0.505 e. The first kappa shape index (κ1) is 22.5. The van der Waals surface area contributed by atoms with Crippen molar-refractivity contribution in [1.82, 2.24) is 9.78 Å². The van der Waals surface area contributed by atoms with E-state index in [-0.39, 0.29) is 23.6 Å². The van der Waals surface area contributed by atoms with E-state index in [1.807, 2.05) is 36.4 Å². The Morgan fingerprint density at radius 1 is 1.00 bits per heavy atom. The minimum absolute atomic E-state index is 0.0629. The second-order valence-electron chi connectivity index (χ2n) is 7.43. The first-order valence-electron chi connectivity index (χ1n) is 10.4. The molecule has 0 aliphatic carbocycles. The molecule has 3 rings (SSSR count). The van der Waals surface area contributed by atoms with E-state index < -0.39 is 0 Å². The molecule has 0 bridgehead atoms. The molecule has 5 N–H and O–H groups in total. The minimum Gasteiger partial charge on any atom is -0.505 e. The summed E-state index contributed by atoms with van der Waals surface area (Å²) in [6, 6.07) is 13.3. The van der Waals surface area contributed by atoms with Gasteiger partial charge < -0.3 is 15.9 Å². The minimum atomic E-state index is -0.270. The number of nitrogens with zero attached hydrogens (tertiary/aromatic N) is 3. The third-order valence-electron chi connectivity index (χ3n) is 5.25. The van der Waals surface area contributed by atoms with Crippen molar-refractivity contribution in [2.45, 2.75) is 45.7 Å². The van der Waals surface area contributed by atoms with Gasteiger partial charge >= 0.3 is 0 Å². The molecule has 1 heterocycles. The number of rotatable bonds is 10. The second-order valence-corrected chi connectivity index (χ2v) is 7.43. The van der Waals surface area contributed by atoms with Crippen molar-refractivity contribution in [2.24, 2.45) is 16.0 Å². The van der Waals surface area contributed by atoms with E-state index in [0.717, 1.165) is 23.1 Å². The van der Waals surface area contributed by atoms with E-state index in [2.05, 4.69) is 15.3 Å². The number of unbranched alkanes of at least 4 members (excludes halogenated alkanes) is 1. The van der Waals surface area contributed by atoms with E-state index in [9.17, 15) is 9.90 Å². The molecular weight excluding hydrogens is 394 g/mol. The zero-order valence-electron chi connectivity index (χ0n) is 17.7. The number of azo groups is 1. The Hall–Kier alpha value is -3.23. The molecule has 0 aliphatic rings. The van der Waals surface area contributed by atoms with Crippen molar-refractivity contribution in [3.05, 3.63) is 75.2 Å². The SMILES string of the molecule is Cc1[nH]n(CCCCO)c(=O)c1N=Nc1cccc(CCc2ccccc2CN)c1O. The summed E-state index contributed by atoms with van der Waals surface area (Å²) in [6.07, 6.45) is 2.69. The van der Waals surface area contributed by atoms with Crippen LogP contribution < -0.4 is 11.3 Å². The van der Waals surface area contributed by atoms with Crippen molar-refractivity contribution in [2.75, 3.05) is 6.61 Å². The van der Waals surface area contributed by atoms with Gasteiger partial charge in [-0.2, -0.15) is 0 Å². The molecule has 0 atom stereocenters. The standard InChI is InChI=1S/C23H29N5O3/c1-16-21(23(31)28(27-16)13-4-5-14-29)26-25-20-10-6-9-18(22(20)30)12-11-17-7-2-3-8-19(17)15-24/h2-3,6-10,27,29-30H,4-5,11-15,24H2,1H3. The number of aromatic hydroxyl groups is 1. The molecule has 0 radical (unpaired) electrons. The van der Waals surface area contributed by atoms with E-state index >= 15 is 0 Å². The Morgan fingerprint density at radius 3 is 2.45 bits per heavy atom. The molecule has 8 nitrogen and oxygen atoms in total. The highest BCUT2D eigenvalue weighted by Crippen LogP contribution is 2.32. The van der Waals surface area contributed by atoms with Gasteiger partial charge in [-0.3, -0.25) is 14.6 Å². The molecule has 8 heteroatoms. The van der Waals surface area contributed by atoms with E-state index in [1.165, 1.54) is 4.68 Å². The van der Waals surface area contributed by atoms with E-state index in [0.29, 0.717) is 43.7 Å². The lowest BCUT2D eigenvalue weighted by atomic mass is 9.99. The van der Waals surface area contributed by atoms with Gasteiger partial charge in [0.1, 0.15) is 11.4 Å². The Balaban J connectivity index is 1.76. The van der Waals surface area contributed by atoms with Crippen LogP contribution in [-0.4, -0.2) is 26.6 Å². The average Bonchev–Trinajstić information content (AvgIpc) is 3.05. The lowest BCUT2D eigenvalue weighted by Gasteiger charge is -2.09. The summed E-state index contributed by atoms with van der Waals surface area (Å²) in [5.74, 6) is 0.0629. The fourth-order valence-corrected chi connectivity index (χ4v) is 3.49. The van der Waals surface area contributed by atoms with Gasteiger partial charge in [-0.1, -0.05) is 36.4 Å². The van der Waals surface area contributed by atoms with Gasteiger partial charge in [-0.25, -0.2) is 0 Å². The Kier molecular flexibility index (Phi) is 7.75.